The van der Waals surface area contributed by atoms with Crippen LogP contribution in [0.4, 0.5) is 5.69 Å². The van der Waals surface area contributed by atoms with Crippen LogP contribution in [0.3, 0.4) is 0 Å². The van der Waals surface area contributed by atoms with Gasteiger partial charge in [0.15, 0.2) is 17.3 Å². The average Bonchev–Trinajstić information content (AvgIpc) is 3.03. The molecular weight excluding hydrogens is 572 g/mol. The summed E-state index contributed by atoms with van der Waals surface area (Å²) in [5.74, 6) is 2.24. The lowest BCUT2D eigenvalue weighted by Gasteiger charge is -2.18. The number of hydrogen-bond donors (Lipinski definition) is 0. The van der Waals surface area contributed by atoms with E-state index in [1.54, 1.807) is 48.7 Å². The van der Waals surface area contributed by atoms with Gasteiger partial charge in [-0.15, -0.1) is 0 Å². The zero-order chi connectivity index (χ0) is 32.1. The molecule has 1 heterocycles. The molecule has 0 amide bonds. The Balaban J connectivity index is 1.61. The number of hydrogen-bond acceptors (Lipinski definition) is 8. The molecule has 0 bridgehead atoms. The van der Waals surface area contributed by atoms with E-state index < -0.39 is 4.92 Å². The molecule has 0 spiro atoms. The lowest BCUT2D eigenvalue weighted by Crippen LogP contribution is -2.21. The Kier molecular flexibility index (Phi) is 9.22. The van der Waals surface area contributed by atoms with Gasteiger partial charge in [0.05, 0.1) is 35.8 Å². The first-order valence-corrected chi connectivity index (χ1v) is 14.6. The van der Waals surface area contributed by atoms with Crippen molar-refractivity contribution in [2.45, 2.75) is 40.2 Å². The van der Waals surface area contributed by atoms with E-state index in [2.05, 4.69) is 18.9 Å². The number of methoxy groups -OCH3 is 1. The Hall–Kier alpha value is -5.51. The highest BCUT2D eigenvalue weighted by molar-refractivity contribution is 5.86. The summed E-state index contributed by atoms with van der Waals surface area (Å²) in [7, 11) is 1.53. The number of aryl methyl sites for hydroxylation is 1. The van der Waals surface area contributed by atoms with Crippen LogP contribution in [0.1, 0.15) is 48.9 Å². The van der Waals surface area contributed by atoms with Crippen molar-refractivity contribution in [2.24, 2.45) is 5.10 Å². The van der Waals surface area contributed by atoms with Crippen molar-refractivity contribution in [2.75, 3.05) is 13.7 Å². The predicted molar refractivity (Wildman–Crippen MR) is 175 cm³/mol. The van der Waals surface area contributed by atoms with Crippen LogP contribution in [-0.2, 0) is 6.61 Å². The lowest BCUT2D eigenvalue weighted by atomic mass is 9.96. The van der Waals surface area contributed by atoms with Crippen molar-refractivity contribution in [3.63, 3.8) is 0 Å². The molecule has 0 aliphatic carbocycles. The zero-order valence-electron chi connectivity index (χ0n) is 25.8. The van der Waals surface area contributed by atoms with Crippen LogP contribution in [0, 0.1) is 17.0 Å². The second-order valence-corrected chi connectivity index (χ2v) is 10.7. The van der Waals surface area contributed by atoms with Crippen LogP contribution in [-0.4, -0.2) is 34.5 Å². The largest absolute Gasteiger partial charge is 0.494 e. The highest BCUT2D eigenvalue weighted by atomic mass is 16.6. The summed E-state index contributed by atoms with van der Waals surface area (Å²) in [6, 6.07) is 22.7. The molecule has 0 radical (unpaired) electrons. The first-order chi connectivity index (χ1) is 21.7. The summed E-state index contributed by atoms with van der Waals surface area (Å²) < 4.78 is 19.0. The topological polar surface area (TPSA) is 118 Å². The van der Waals surface area contributed by atoms with E-state index >= 15 is 0 Å². The third-order valence-corrected chi connectivity index (χ3v) is 7.35. The maximum atomic E-state index is 13.9. The second kappa shape index (κ2) is 13.4. The monoisotopic (exact) mass is 606 g/mol. The molecule has 10 heteroatoms. The number of fused-ring (bicyclic) bond motifs is 1. The third kappa shape index (κ3) is 6.54. The van der Waals surface area contributed by atoms with Crippen LogP contribution < -0.4 is 19.8 Å². The zero-order valence-corrected chi connectivity index (χ0v) is 25.8. The maximum Gasteiger partial charge on any atom is 0.282 e. The van der Waals surface area contributed by atoms with Crippen molar-refractivity contribution in [1.82, 2.24) is 9.66 Å². The minimum Gasteiger partial charge on any atom is -0.494 e. The summed E-state index contributed by atoms with van der Waals surface area (Å²) >= 11 is 0. The van der Waals surface area contributed by atoms with Gasteiger partial charge in [-0.1, -0.05) is 32.0 Å². The summed E-state index contributed by atoms with van der Waals surface area (Å²) in [6.07, 6.45) is 1.54. The Labute approximate surface area is 260 Å². The maximum absolute atomic E-state index is 13.9. The van der Waals surface area contributed by atoms with Crippen LogP contribution in [0.15, 0.2) is 88.8 Å². The summed E-state index contributed by atoms with van der Waals surface area (Å²) in [4.78, 5) is 29.4. The van der Waals surface area contributed by atoms with E-state index in [1.807, 2.05) is 38.1 Å². The van der Waals surface area contributed by atoms with E-state index in [4.69, 9.17) is 19.2 Å². The number of ether oxygens (including phenoxy) is 3. The van der Waals surface area contributed by atoms with Gasteiger partial charge in [-0.2, -0.15) is 9.78 Å². The molecule has 0 saturated carbocycles. The molecule has 1 aromatic heterocycles. The third-order valence-electron chi connectivity index (χ3n) is 7.35. The molecule has 0 fully saturated rings. The minimum atomic E-state index is -0.449. The van der Waals surface area contributed by atoms with E-state index in [9.17, 15) is 14.9 Å². The van der Waals surface area contributed by atoms with E-state index in [-0.39, 0.29) is 23.8 Å². The van der Waals surface area contributed by atoms with Crippen LogP contribution in [0.25, 0.3) is 22.3 Å². The molecule has 5 aromatic rings. The Morgan fingerprint density at radius 2 is 1.76 bits per heavy atom. The quantitative estimate of drug-likeness (QED) is 0.0881. The van der Waals surface area contributed by atoms with Gasteiger partial charge in [0, 0.05) is 23.3 Å². The van der Waals surface area contributed by atoms with Crippen LogP contribution in [0.2, 0.25) is 0 Å². The van der Waals surface area contributed by atoms with Crippen molar-refractivity contribution in [3.8, 4) is 28.6 Å². The molecule has 0 aliphatic rings. The molecule has 0 N–H and O–H groups in total. The SMILES string of the molecule is CCOc1cc(C)c(-c2nc3ccccc3c(=O)n2N=Cc2cccc(OC)c2OCc2ccc([N+](=O)[O-])cc2)cc1C(C)C. The fourth-order valence-electron chi connectivity index (χ4n) is 5.01. The second-order valence-electron chi connectivity index (χ2n) is 10.7. The van der Waals surface area contributed by atoms with Crippen molar-refractivity contribution in [1.29, 1.82) is 0 Å². The molecule has 0 saturated heterocycles. The van der Waals surface area contributed by atoms with Gasteiger partial charge in [0.2, 0.25) is 0 Å². The molecule has 4 aromatic carbocycles. The van der Waals surface area contributed by atoms with Gasteiger partial charge in [-0.25, -0.2) is 4.98 Å². The van der Waals surface area contributed by atoms with Gasteiger partial charge in [-0.05, 0) is 85.0 Å². The minimum absolute atomic E-state index is 0.00242. The van der Waals surface area contributed by atoms with Crippen molar-refractivity contribution in [3.05, 3.63) is 122 Å². The van der Waals surface area contributed by atoms with E-state index in [0.717, 1.165) is 28.0 Å². The lowest BCUT2D eigenvalue weighted by molar-refractivity contribution is -0.384. The molecule has 230 valence electrons. The van der Waals surface area contributed by atoms with E-state index in [0.29, 0.717) is 40.4 Å². The first-order valence-electron chi connectivity index (χ1n) is 14.6. The Bertz CT molecular complexity index is 1950. The van der Waals surface area contributed by atoms with Crippen molar-refractivity contribution >= 4 is 22.8 Å². The normalized spacial score (nSPS) is 11.3. The molecule has 0 aliphatic heterocycles. The number of nitro benzene ring substituents is 1. The predicted octanol–water partition coefficient (Wildman–Crippen LogP) is 7.27. The molecule has 0 atom stereocenters. The summed E-state index contributed by atoms with van der Waals surface area (Å²) in [5.41, 5.74) is 4.21. The van der Waals surface area contributed by atoms with Gasteiger partial charge in [0.1, 0.15) is 12.4 Å². The molecule has 5 rings (SSSR count). The molecule has 45 heavy (non-hydrogen) atoms. The molecule has 10 nitrogen and oxygen atoms in total. The summed E-state index contributed by atoms with van der Waals surface area (Å²) in [6.45, 7) is 8.77. The average molecular weight is 607 g/mol. The number of para-hydroxylation sites is 2. The van der Waals surface area contributed by atoms with Crippen LogP contribution >= 0.6 is 0 Å². The number of benzene rings is 4. The van der Waals surface area contributed by atoms with Gasteiger partial charge < -0.3 is 14.2 Å². The van der Waals surface area contributed by atoms with Gasteiger partial charge in [-0.3, -0.25) is 14.9 Å². The molecular formula is C35H34N4O6. The van der Waals surface area contributed by atoms with Crippen LogP contribution in [0.5, 0.6) is 17.2 Å². The van der Waals surface area contributed by atoms with E-state index in [1.165, 1.54) is 23.9 Å². The fraction of sp³-hybridized carbons (Fsp3) is 0.229. The van der Waals surface area contributed by atoms with Crippen molar-refractivity contribution < 1.29 is 19.1 Å². The fourth-order valence-corrected chi connectivity index (χ4v) is 5.01. The van der Waals surface area contributed by atoms with Gasteiger partial charge in [0.25, 0.3) is 11.2 Å². The standard InChI is InChI=1S/C35H34N4O6/c1-6-44-32-18-23(4)29(19-28(32)22(2)3)34-37-30-12-8-7-11-27(30)35(40)38(34)36-20-25-10-9-13-31(43-5)33(25)45-21-24-14-16-26(17-15-24)39(41)42/h7-20,22H,6,21H2,1-5H3. The smallest absolute Gasteiger partial charge is 0.282 e. The highest BCUT2D eigenvalue weighted by Crippen LogP contribution is 2.35. The number of aromatic nitrogens is 2. The first kappa shape index (κ1) is 30.9. The molecule has 0 unspecified atom stereocenters. The Morgan fingerprint density at radius 3 is 2.44 bits per heavy atom. The Morgan fingerprint density at radius 1 is 1.00 bits per heavy atom. The highest BCUT2D eigenvalue weighted by Gasteiger charge is 2.19. The number of non-ortho nitro benzene ring substituents is 1. The number of nitrogens with zero attached hydrogens (tertiary/aromatic N) is 4. The van der Waals surface area contributed by atoms with Gasteiger partial charge >= 0.3 is 0 Å². The summed E-state index contributed by atoms with van der Waals surface area (Å²) in [5, 5.41) is 16.1. The number of rotatable bonds is 11. The number of nitro groups is 1.